The van der Waals surface area contributed by atoms with Crippen LogP contribution in [0.2, 0.25) is 0 Å². The minimum atomic E-state index is 0.281. The van der Waals surface area contributed by atoms with Crippen LogP contribution in [0, 0.1) is 6.92 Å². The smallest absolute Gasteiger partial charge is 0.220 e. The van der Waals surface area contributed by atoms with Crippen LogP contribution in [-0.2, 0) is 0 Å². The highest BCUT2D eigenvalue weighted by molar-refractivity contribution is 5.65. The van der Waals surface area contributed by atoms with Gasteiger partial charge in [-0.15, -0.1) is 0 Å². The molecule has 0 unspecified atom stereocenters. The van der Waals surface area contributed by atoms with Gasteiger partial charge in [0, 0.05) is 11.8 Å². The lowest BCUT2D eigenvalue weighted by Gasteiger charge is -2.07. The predicted octanol–water partition coefficient (Wildman–Crippen LogP) is 2.04. The van der Waals surface area contributed by atoms with Crippen LogP contribution < -0.4 is 10.5 Å². The highest BCUT2D eigenvalue weighted by Crippen LogP contribution is 2.24. The van der Waals surface area contributed by atoms with Gasteiger partial charge in [0.15, 0.2) is 0 Å². The number of hydrogen-bond donors (Lipinski definition) is 1. The summed E-state index contributed by atoms with van der Waals surface area (Å²) in [6.45, 7) is 1.95. The zero-order chi connectivity index (χ0) is 11.5. The molecule has 0 fully saturated rings. The van der Waals surface area contributed by atoms with Crippen LogP contribution in [0.5, 0.6) is 5.75 Å². The first-order chi connectivity index (χ1) is 7.70. The van der Waals surface area contributed by atoms with Gasteiger partial charge in [-0.1, -0.05) is 12.1 Å². The largest absolute Gasteiger partial charge is 0.497 e. The second-order valence-corrected chi connectivity index (χ2v) is 3.49. The topological polar surface area (TPSA) is 61.0 Å². The number of anilines is 1. The Morgan fingerprint density at radius 3 is 2.88 bits per heavy atom. The lowest BCUT2D eigenvalue weighted by atomic mass is 10.1. The summed E-state index contributed by atoms with van der Waals surface area (Å²) < 4.78 is 5.17. The number of nitrogens with zero attached hydrogens (tertiary/aromatic N) is 2. The zero-order valence-electron chi connectivity index (χ0n) is 9.27. The van der Waals surface area contributed by atoms with Gasteiger partial charge in [-0.25, -0.2) is 9.97 Å². The number of aromatic nitrogens is 2. The van der Waals surface area contributed by atoms with Crippen LogP contribution in [-0.4, -0.2) is 17.1 Å². The summed E-state index contributed by atoms with van der Waals surface area (Å²) in [5, 5.41) is 0. The van der Waals surface area contributed by atoms with Crippen molar-refractivity contribution in [3.8, 4) is 17.0 Å². The Kier molecular flexibility index (Phi) is 2.72. The van der Waals surface area contributed by atoms with E-state index in [1.54, 1.807) is 13.3 Å². The fourth-order valence-corrected chi connectivity index (χ4v) is 1.52. The molecule has 2 rings (SSSR count). The lowest BCUT2D eigenvalue weighted by molar-refractivity contribution is 0.415. The number of aryl methyl sites for hydroxylation is 1. The van der Waals surface area contributed by atoms with Gasteiger partial charge in [-0.05, 0) is 24.6 Å². The standard InChI is InChI=1S/C12H13N3O/c1-8-7-14-12(13)15-11(8)9-4-3-5-10(6-9)16-2/h3-7H,1-2H3,(H2,13,14,15). The molecular formula is C12H13N3O. The van der Waals surface area contributed by atoms with Crippen LogP contribution >= 0.6 is 0 Å². The molecule has 0 aliphatic rings. The van der Waals surface area contributed by atoms with Crippen LogP contribution in [0.4, 0.5) is 5.95 Å². The molecule has 16 heavy (non-hydrogen) atoms. The van der Waals surface area contributed by atoms with E-state index in [2.05, 4.69) is 9.97 Å². The van der Waals surface area contributed by atoms with Gasteiger partial charge in [0.1, 0.15) is 5.75 Å². The molecule has 0 spiro atoms. The highest BCUT2D eigenvalue weighted by atomic mass is 16.5. The fraction of sp³-hybridized carbons (Fsp3) is 0.167. The summed E-state index contributed by atoms with van der Waals surface area (Å²) in [5.41, 5.74) is 8.39. The number of nitrogen functional groups attached to an aromatic ring is 1. The van der Waals surface area contributed by atoms with Gasteiger partial charge >= 0.3 is 0 Å². The molecule has 0 bridgehead atoms. The van der Waals surface area contributed by atoms with Gasteiger partial charge in [-0.2, -0.15) is 0 Å². The fourth-order valence-electron chi connectivity index (χ4n) is 1.52. The summed E-state index contributed by atoms with van der Waals surface area (Å²) in [7, 11) is 1.64. The molecule has 0 saturated carbocycles. The van der Waals surface area contributed by atoms with Crippen LogP contribution in [0.15, 0.2) is 30.5 Å². The van der Waals surface area contributed by atoms with Gasteiger partial charge < -0.3 is 10.5 Å². The van der Waals surface area contributed by atoms with E-state index in [0.29, 0.717) is 0 Å². The number of ether oxygens (including phenoxy) is 1. The summed E-state index contributed by atoms with van der Waals surface area (Å²) >= 11 is 0. The Balaban J connectivity index is 2.53. The number of methoxy groups -OCH3 is 1. The second-order valence-electron chi connectivity index (χ2n) is 3.49. The van der Waals surface area contributed by atoms with E-state index in [0.717, 1.165) is 22.6 Å². The van der Waals surface area contributed by atoms with E-state index < -0.39 is 0 Å². The van der Waals surface area contributed by atoms with Crippen molar-refractivity contribution in [2.45, 2.75) is 6.92 Å². The van der Waals surface area contributed by atoms with Crippen molar-refractivity contribution in [1.82, 2.24) is 9.97 Å². The van der Waals surface area contributed by atoms with E-state index in [9.17, 15) is 0 Å². The van der Waals surface area contributed by atoms with Crippen molar-refractivity contribution < 1.29 is 4.74 Å². The van der Waals surface area contributed by atoms with Gasteiger partial charge in [-0.3, -0.25) is 0 Å². The maximum atomic E-state index is 5.58. The maximum absolute atomic E-state index is 5.58. The first-order valence-electron chi connectivity index (χ1n) is 4.94. The molecule has 4 nitrogen and oxygen atoms in total. The van der Waals surface area contributed by atoms with E-state index in [-0.39, 0.29) is 5.95 Å². The molecule has 4 heteroatoms. The van der Waals surface area contributed by atoms with Crippen LogP contribution in [0.3, 0.4) is 0 Å². The van der Waals surface area contributed by atoms with E-state index >= 15 is 0 Å². The molecule has 0 atom stereocenters. The molecule has 1 heterocycles. The molecule has 2 aromatic rings. The first kappa shape index (κ1) is 10.4. The molecular weight excluding hydrogens is 202 g/mol. The average Bonchev–Trinajstić information content (AvgIpc) is 2.32. The van der Waals surface area contributed by atoms with Crippen molar-refractivity contribution in [1.29, 1.82) is 0 Å². The van der Waals surface area contributed by atoms with Gasteiger partial charge in [0.05, 0.1) is 12.8 Å². The quantitative estimate of drug-likeness (QED) is 0.832. The van der Waals surface area contributed by atoms with Gasteiger partial charge in [0.2, 0.25) is 5.95 Å². The lowest BCUT2D eigenvalue weighted by Crippen LogP contribution is -1.98. The normalized spacial score (nSPS) is 10.1. The monoisotopic (exact) mass is 215 g/mol. The third-order valence-corrected chi connectivity index (χ3v) is 2.33. The predicted molar refractivity (Wildman–Crippen MR) is 63.2 cm³/mol. The molecule has 0 amide bonds. The second kappa shape index (κ2) is 4.18. The molecule has 1 aromatic heterocycles. The Hall–Kier alpha value is -2.10. The molecule has 0 radical (unpaired) electrons. The zero-order valence-corrected chi connectivity index (χ0v) is 9.27. The molecule has 2 N–H and O–H groups in total. The number of rotatable bonds is 2. The highest BCUT2D eigenvalue weighted by Gasteiger charge is 2.05. The van der Waals surface area contributed by atoms with Crippen molar-refractivity contribution in [3.63, 3.8) is 0 Å². The molecule has 0 saturated heterocycles. The SMILES string of the molecule is COc1cccc(-c2nc(N)ncc2C)c1. The van der Waals surface area contributed by atoms with Crippen molar-refractivity contribution in [2.75, 3.05) is 12.8 Å². The van der Waals surface area contributed by atoms with Crippen molar-refractivity contribution in [2.24, 2.45) is 0 Å². The number of hydrogen-bond acceptors (Lipinski definition) is 4. The molecule has 82 valence electrons. The Labute approximate surface area is 94.1 Å². The minimum Gasteiger partial charge on any atom is -0.497 e. The maximum Gasteiger partial charge on any atom is 0.220 e. The van der Waals surface area contributed by atoms with Crippen molar-refractivity contribution in [3.05, 3.63) is 36.0 Å². The summed E-state index contributed by atoms with van der Waals surface area (Å²) in [5.74, 6) is 1.08. The van der Waals surface area contributed by atoms with E-state index in [4.69, 9.17) is 10.5 Å². The average molecular weight is 215 g/mol. The summed E-state index contributed by atoms with van der Waals surface area (Å²) in [4.78, 5) is 8.17. The van der Waals surface area contributed by atoms with Crippen molar-refractivity contribution >= 4 is 5.95 Å². The summed E-state index contributed by atoms with van der Waals surface area (Å²) in [6, 6.07) is 7.71. The molecule has 0 aliphatic heterocycles. The molecule has 0 aliphatic carbocycles. The first-order valence-corrected chi connectivity index (χ1v) is 4.94. The van der Waals surface area contributed by atoms with Crippen LogP contribution in [0.1, 0.15) is 5.56 Å². The van der Waals surface area contributed by atoms with Gasteiger partial charge in [0.25, 0.3) is 0 Å². The Morgan fingerprint density at radius 2 is 2.12 bits per heavy atom. The Morgan fingerprint density at radius 1 is 1.31 bits per heavy atom. The third-order valence-electron chi connectivity index (χ3n) is 2.33. The minimum absolute atomic E-state index is 0.281. The number of benzene rings is 1. The van der Waals surface area contributed by atoms with E-state index in [1.807, 2.05) is 31.2 Å². The molecule has 1 aromatic carbocycles. The number of nitrogens with two attached hydrogens (primary N) is 1. The summed E-state index contributed by atoms with van der Waals surface area (Å²) in [6.07, 6.45) is 1.72. The Bertz CT molecular complexity index is 511. The third kappa shape index (κ3) is 1.95. The van der Waals surface area contributed by atoms with Crippen LogP contribution in [0.25, 0.3) is 11.3 Å². The van der Waals surface area contributed by atoms with E-state index in [1.165, 1.54) is 0 Å².